The summed E-state index contributed by atoms with van der Waals surface area (Å²) in [6.07, 6.45) is 1.67. The first-order valence-electron chi connectivity index (χ1n) is 8.96. The molecule has 144 valence electrons. The number of imide groups is 1. The Hall–Kier alpha value is -3.93. The van der Waals surface area contributed by atoms with Crippen molar-refractivity contribution >= 4 is 40.2 Å². The van der Waals surface area contributed by atoms with Crippen LogP contribution in [0.5, 0.6) is 5.75 Å². The molecule has 29 heavy (non-hydrogen) atoms. The summed E-state index contributed by atoms with van der Waals surface area (Å²) in [5, 5.41) is 11.0. The number of hydrogen-bond acceptors (Lipinski definition) is 4. The Morgan fingerprint density at radius 2 is 1.66 bits per heavy atom. The van der Waals surface area contributed by atoms with E-state index in [1.54, 1.807) is 37.5 Å². The average molecular weight is 387 g/mol. The number of benzene rings is 3. The number of carbonyl (C=O) groups is 3. The van der Waals surface area contributed by atoms with Crippen molar-refractivity contribution in [1.29, 1.82) is 0 Å². The van der Waals surface area contributed by atoms with Crippen molar-refractivity contribution in [3.05, 3.63) is 77.4 Å². The van der Waals surface area contributed by atoms with E-state index in [0.29, 0.717) is 22.4 Å². The molecule has 0 radical (unpaired) electrons. The summed E-state index contributed by atoms with van der Waals surface area (Å²) in [7, 11) is 1.54. The van der Waals surface area contributed by atoms with Crippen LogP contribution in [0.3, 0.4) is 0 Å². The van der Waals surface area contributed by atoms with Gasteiger partial charge in [-0.05, 0) is 34.5 Å². The van der Waals surface area contributed by atoms with E-state index in [2.05, 4.69) is 0 Å². The quantitative estimate of drug-likeness (QED) is 0.548. The lowest BCUT2D eigenvalue weighted by Gasteiger charge is -2.27. The fraction of sp³-hybridized carbons (Fsp3) is 0.0870. The summed E-state index contributed by atoms with van der Waals surface area (Å²) < 4.78 is 5.50. The lowest BCUT2D eigenvalue weighted by atomic mass is 9.91. The summed E-state index contributed by atoms with van der Waals surface area (Å²) in [6.45, 7) is -0.698. The monoisotopic (exact) mass is 387 g/mol. The molecule has 0 aromatic heterocycles. The van der Waals surface area contributed by atoms with E-state index in [4.69, 9.17) is 9.84 Å². The molecule has 1 aliphatic rings. The molecule has 0 aliphatic carbocycles. The van der Waals surface area contributed by atoms with Crippen LogP contribution in [-0.2, 0) is 9.59 Å². The second-order valence-electron chi connectivity index (χ2n) is 6.60. The standard InChI is InChI=1S/C23H17NO5/c1-29-20-11-10-14-6-2-3-7-15(14)18(20)12-19-16-8-4-5-9-17(16)22(27)24(23(19)28)13-21(25)26/h2-12H,13H2,1H3,(H,25,26)/b19-12-. The van der Waals surface area contributed by atoms with Crippen LogP contribution in [0.4, 0.5) is 0 Å². The van der Waals surface area contributed by atoms with Crippen molar-refractivity contribution in [2.24, 2.45) is 0 Å². The first kappa shape index (κ1) is 18.4. The lowest BCUT2D eigenvalue weighted by molar-refractivity contribution is -0.141. The van der Waals surface area contributed by atoms with Crippen LogP contribution in [-0.4, -0.2) is 41.4 Å². The van der Waals surface area contributed by atoms with E-state index in [1.165, 1.54) is 0 Å². The second-order valence-corrected chi connectivity index (χ2v) is 6.60. The molecule has 0 bridgehead atoms. The topological polar surface area (TPSA) is 83.9 Å². The molecule has 0 saturated heterocycles. The minimum Gasteiger partial charge on any atom is -0.496 e. The van der Waals surface area contributed by atoms with Gasteiger partial charge >= 0.3 is 5.97 Å². The van der Waals surface area contributed by atoms with Crippen LogP contribution in [0, 0.1) is 0 Å². The third-order valence-corrected chi connectivity index (χ3v) is 4.90. The van der Waals surface area contributed by atoms with Crippen molar-refractivity contribution in [2.75, 3.05) is 13.7 Å². The minimum absolute atomic E-state index is 0.246. The Morgan fingerprint density at radius 1 is 0.966 bits per heavy atom. The van der Waals surface area contributed by atoms with Gasteiger partial charge in [0.15, 0.2) is 0 Å². The molecule has 4 rings (SSSR count). The van der Waals surface area contributed by atoms with Crippen LogP contribution in [0.25, 0.3) is 22.4 Å². The van der Waals surface area contributed by atoms with Gasteiger partial charge in [-0.25, -0.2) is 0 Å². The van der Waals surface area contributed by atoms with Crippen LogP contribution in [0.15, 0.2) is 60.7 Å². The molecule has 0 spiro atoms. The highest BCUT2D eigenvalue weighted by atomic mass is 16.5. The Labute approximate surface area is 166 Å². The Bertz CT molecular complexity index is 1190. The predicted octanol–water partition coefficient (Wildman–Crippen LogP) is 3.46. The van der Waals surface area contributed by atoms with E-state index >= 15 is 0 Å². The summed E-state index contributed by atoms with van der Waals surface area (Å²) in [6, 6.07) is 18.1. The number of amides is 2. The van der Waals surface area contributed by atoms with Crippen LogP contribution >= 0.6 is 0 Å². The SMILES string of the molecule is COc1ccc2ccccc2c1/C=C1\C(=O)N(CC(=O)O)C(=O)c2ccccc21. The largest absolute Gasteiger partial charge is 0.496 e. The van der Waals surface area contributed by atoms with Crippen molar-refractivity contribution < 1.29 is 24.2 Å². The van der Waals surface area contributed by atoms with Gasteiger partial charge in [0, 0.05) is 16.7 Å². The van der Waals surface area contributed by atoms with Gasteiger partial charge in [0.25, 0.3) is 11.8 Å². The third-order valence-electron chi connectivity index (χ3n) is 4.90. The van der Waals surface area contributed by atoms with Gasteiger partial charge in [0.2, 0.25) is 0 Å². The third kappa shape index (κ3) is 3.14. The number of ether oxygens (including phenoxy) is 1. The second kappa shape index (κ2) is 7.24. The molecule has 0 atom stereocenters. The molecule has 3 aromatic carbocycles. The molecule has 6 heteroatoms. The van der Waals surface area contributed by atoms with Crippen molar-refractivity contribution in [3.8, 4) is 5.75 Å². The van der Waals surface area contributed by atoms with Crippen LogP contribution < -0.4 is 4.74 Å². The van der Waals surface area contributed by atoms with Gasteiger partial charge in [0.1, 0.15) is 12.3 Å². The fourth-order valence-corrected chi connectivity index (χ4v) is 3.57. The number of carbonyl (C=O) groups excluding carboxylic acids is 2. The lowest BCUT2D eigenvalue weighted by Crippen LogP contribution is -2.44. The Kier molecular flexibility index (Phi) is 4.60. The predicted molar refractivity (Wildman–Crippen MR) is 108 cm³/mol. The highest BCUT2D eigenvalue weighted by Gasteiger charge is 2.36. The maximum Gasteiger partial charge on any atom is 0.323 e. The number of carboxylic acids is 1. The molecule has 3 aromatic rings. The van der Waals surface area contributed by atoms with Gasteiger partial charge in [0.05, 0.1) is 7.11 Å². The highest BCUT2D eigenvalue weighted by molar-refractivity contribution is 6.34. The molecular formula is C23H17NO5. The molecule has 1 N–H and O–H groups in total. The zero-order valence-corrected chi connectivity index (χ0v) is 15.6. The van der Waals surface area contributed by atoms with Crippen LogP contribution in [0.1, 0.15) is 21.5 Å². The smallest absolute Gasteiger partial charge is 0.323 e. The van der Waals surface area contributed by atoms with E-state index in [9.17, 15) is 14.4 Å². The van der Waals surface area contributed by atoms with Crippen molar-refractivity contribution in [3.63, 3.8) is 0 Å². The first-order chi connectivity index (χ1) is 14.0. The molecular weight excluding hydrogens is 370 g/mol. The van der Waals surface area contributed by atoms with Gasteiger partial charge in [-0.2, -0.15) is 0 Å². The number of rotatable bonds is 4. The highest BCUT2D eigenvalue weighted by Crippen LogP contribution is 2.35. The normalized spacial score (nSPS) is 14.9. The number of carboxylic acid groups (broad SMARTS) is 1. The van der Waals surface area contributed by atoms with E-state index < -0.39 is 24.3 Å². The molecule has 0 unspecified atom stereocenters. The molecule has 1 heterocycles. The number of methoxy groups -OCH3 is 1. The van der Waals surface area contributed by atoms with E-state index in [-0.39, 0.29) is 5.57 Å². The van der Waals surface area contributed by atoms with Gasteiger partial charge in [-0.15, -0.1) is 0 Å². The maximum atomic E-state index is 13.1. The zero-order chi connectivity index (χ0) is 20.5. The maximum absolute atomic E-state index is 13.1. The fourth-order valence-electron chi connectivity index (χ4n) is 3.57. The van der Waals surface area contributed by atoms with Crippen molar-refractivity contribution in [2.45, 2.75) is 0 Å². The Morgan fingerprint density at radius 3 is 2.38 bits per heavy atom. The first-order valence-corrected chi connectivity index (χ1v) is 8.96. The number of aliphatic carboxylic acids is 1. The minimum atomic E-state index is -1.26. The van der Waals surface area contributed by atoms with Crippen LogP contribution in [0.2, 0.25) is 0 Å². The number of nitrogens with zero attached hydrogens (tertiary/aromatic N) is 1. The molecule has 0 saturated carbocycles. The van der Waals surface area contributed by atoms with Gasteiger partial charge in [-0.1, -0.05) is 48.5 Å². The Balaban J connectivity index is 1.98. The molecule has 0 fully saturated rings. The summed E-state index contributed by atoms with van der Waals surface area (Å²) in [5.74, 6) is -1.95. The van der Waals surface area contributed by atoms with Crippen molar-refractivity contribution in [1.82, 2.24) is 4.90 Å². The molecule has 6 nitrogen and oxygen atoms in total. The number of hydrogen-bond donors (Lipinski definition) is 1. The summed E-state index contributed by atoms with van der Waals surface area (Å²) in [4.78, 5) is 37.8. The average Bonchev–Trinajstić information content (AvgIpc) is 2.74. The molecule has 1 aliphatic heterocycles. The summed E-state index contributed by atoms with van der Waals surface area (Å²) in [5.41, 5.74) is 1.70. The van der Waals surface area contributed by atoms with E-state index in [0.717, 1.165) is 15.7 Å². The van der Waals surface area contributed by atoms with Gasteiger partial charge in [-0.3, -0.25) is 19.3 Å². The zero-order valence-electron chi connectivity index (χ0n) is 15.6. The number of fused-ring (bicyclic) bond motifs is 2. The van der Waals surface area contributed by atoms with Gasteiger partial charge < -0.3 is 9.84 Å². The van der Waals surface area contributed by atoms with E-state index in [1.807, 2.05) is 36.4 Å². The molecule has 2 amide bonds. The summed E-state index contributed by atoms with van der Waals surface area (Å²) >= 11 is 0.